The Hall–Kier alpha value is -4.18. The third kappa shape index (κ3) is 4.28. The van der Waals surface area contributed by atoms with Gasteiger partial charge in [0.15, 0.2) is 5.65 Å². The number of benzene rings is 2. The summed E-state index contributed by atoms with van der Waals surface area (Å²) in [4.78, 5) is 34.1. The lowest BCUT2D eigenvalue weighted by Gasteiger charge is -2.17. The number of carbonyl (C=O) groups excluding carboxylic acids is 1. The van der Waals surface area contributed by atoms with Crippen LogP contribution in [0.5, 0.6) is 5.75 Å². The van der Waals surface area contributed by atoms with Crippen LogP contribution >= 0.6 is 0 Å². The Morgan fingerprint density at radius 1 is 1.24 bits per heavy atom. The summed E-state index contributed by atoms with van der Waals surface area (Å²) in [5, 5.41) is 16.7. The molecule has 2 heterocycles. The number of nitrogens with one attached hydrogen (secondary N) is 2. The number of hydrogen-bond donors (Lipinski definition) is 3. The number of aryl methyl sites for hydroxylation is 1. The quantitative estimate of drug-likeness (QED) is 0.416. The molecule has 170 valence electrons. The van der Waals surface area contributed by atoms with Gasteiger partial charge in [-0.1, -0.05) is 30.3 Å². The van der Waals surface area contributed by atoms with Crippen molar-refractivity contribution < 1.29 is 14.6 Å². The Morgan fingerprint density at radius 3 is 2.70 bits per heavy atom. The molecule has 2 amide bonds. The Labute approximate surface area is 189 Å². The van der Waals surface area contributed by atoms with E-state index in [1.54, 1.807) is 37.0 Å². The Morgan fingerprint density at radius 2 is 2.00 bits per heavy atom. The fraction of sp³-hybridized carbons (Fsp3) is 0.217. The number of likely N-dealkylation sites (N-methyl/N-ethyl adjacent to an activating group) is 1. The molecule has 4 rings (SSSR count). The van der Waals surface area contributed by atoms with E-state index >= 15 is 0 Å². The molecule has 33 heavy (non-hydrogen) atoms. The van der Waals surface area contributed by atoms with E-state index in [1.165, 1.54) is 12.0 Å². The molecular formula is C23H24N6O4. The van der Waals surface area contributed by atoms with Crippen LogP contribution in [0, 0.1) is 0 Å². The number of urea groups is 1. The molecule has 0 radical (unpaired) electrons. The maximum Gasteiger partial charge on any atom is 0.321 e. The molecule has 3 N–H and O–H groups in total. The Balaban J connectivity index is 1.74. The molecule has 0 bridgehead atoms. The van der Waals surface area contributed by atoms with Gasteiger partial charge in [-0.25, -0.2) is 14.5 Å². The first-order chi connectivity index (χ1) is 15.9. The minimum absolute atomic E-state index is 0.131. The standard InChI is InChI=1S/C23H24N6O4/c1-28(11-12-30)23(32)24-15-9-10-16(17(13-15)33-3)20-25-21-18(22(31)26-20)19(27-29(21)2)14-7-5-4-6-8-14/h4-10,13,30H,11-12H2,1-3H3,(H,24,32)(H,25,26,31). The smallest absolute Gasteiger partial charge is 0.321 e. The number of amides is 2. The van der Waals surface area contributed by atoms with Gasteiger partial charge in [-0.3, -0.25) is 4.79 Å². The monoisotopic (exact) mass is 448 g/mol. The average molecular weight is 448 g/mol. The molecule has 0 aliphatic rings. The summed E-state index contributed by atoms with van der Waals surface area (Å²) in [7, 11) is 4.82. The van der Waals surface area contributed by atoms with E-state index in [4.69, 9.17) is 9.84 Å². The molecule has 0 saturated carbocycles. The van der Waals surface area contributed by atoms with Gasteiger partial charge in [0.1, 0.15) is 22.7 Å². The third-order valence-corrected chi connectivity index (χ3v) is 5.23. The SMILES string of the molecule is COc1cc(NC(=O)N(C)CCO)ccc1-c1nc2c(c(-c3ccccc3)nn2C)c(=O)[nH]1. The zero-order chi connectivity index (χ0) is 23.5. The van der Waals surface area contributed by atoms with Gasteiger partial charge >= 0.3 is 6.03 Å². The number of fused-ring (bicyclic) bond motifs is 1. The van der Waals surface area contributed by atoms with Gasteiger partial charge < -0.3 is 25.0 Å². The van der Waals surface area contributed by atoms with Crippen molar-refractivity contribution in [1.29, 1.82) is 0 Å². The summed E-state index contributed by atoms with van der Waals surface area (Å²) < 4.78 is 7.08. The highest BCUT2D eigenvalue weighted by molar-refractivity contribution is 5.92. The van der Waals surface area contributed by atoms with Crippen molar-refractivity contribution in [1.82, 2.24) is 24.6 Å². The third-order valence-electron chi connectivity index (χ3n) is 5.23. The largest absolute Gasteiger partial charge is 0.496 e. The summed E-state index contributed by atoms with van der Waals surface area (Å²) in [5.41, 5.74) is 2.57. The molecule has 0 fully saturated rings. The summed E-state index contributed by atoms with van der Waals surface area (Å²) in [6, 6.07) is 14.1. The van der Waals surface area contributed by atoms with Crippen LogP contribution in [0.2, 0.25) is 0 Å². The van der Waals surface area contributed by atoms with Crippen molar-refractivity contribution in [3.8, 4) is 28.4 Å². The van der Waals surface area contributed by atoms with E-state index in [0.717, 1.165) is 5.56 Å². The molecule has 10 heteroatoms. The summed E-state index contributed by atoms with van der Waals surface area (Å²) >= 11 is 0. The van der Waals surface area contributed by atoms with Gasteiger partial charge in [0, 0.05) is 38.0 Å². The van der Waals surface area contributed by atoms with E-state index in [2.05, 4.69) is 20.4 Å². The van der Waals surface area contributed by atoms with Crippen molar-refractivity contribution >= 4 is 22.8 Å². The van der Waals surface area contributed by atoms with E-state index in [9.17, 15) is 9.59 Å². The van der Waals surface area contributed by atoms with Crippen LogP contribution in [-0.4, -0.2) is 63.1 Å². The van der Waals surface area contributed by atoms with Crippen LogP contribution in [0.1, 0.15) is 0 Å². The Kier molecular flexibility index (Phi) is 6.09. The van der Waals surface area contributed by atoms with Gasteiger partial charge in [0.2, 0.25) is 0 Å². The molecule has 0 saturated heterocycles. The highest BCUT2D eigenvalue weighted by atomic mass is 16.5. The second-order valence-corrected chi connectivity index (χ2v) is 7.44. The highest BCUT2D eigenvalue weighted by Gasteiger charge is 2.19. The number of carbonyl (C=O) groups is 1. The van der Waals surface area contributed by atoms with E-state index in [0.29, 0.717) is 39.6 Å². The number of anilines is 1. The van der Waals surface area contributed by atoms with Crippen LogP contribution in [0.4, 0.5) is 10.5 Å². The number of ether oxygens (including phenoxy) is 1. The summed E-state index contributed by atoms with van der Waals surface area (Å²) in [6.07, 6.45) is 0. The number of rotatable bonds is 6. The minimum atomic E-state index is -0.366. The first-order valence-electron chi connectivity index (χ1n) is 10.3. The van der Waals surface area contributed by atoms with Crippen LogP contribution in [0.15, 0.2) is 53.3 Å². The van der Waals surface area contributed by atoms with Crippen LogP contribution in [-0.2, 0) is 7.05 Å². The predicted molar refractivity (Wildman–Crippen MR) is 125 cm³/mol. The minimum Gasteiger partial charge on any atom is -0.496 e. The topological polar surface area (TPSA) is 125 Å². The van der Waals surface area contributed by atoms with Gasteiger partial charge in [-0.2, -0.15) is 5.10 Å². The first-order valence-corrected chi connectivity index (χ1v) is 10.3. The fourth-order valence-corrected chi connectivity index (χ4v) is 3.52. The molecule has 0 aliphatic heterocycles. The zero-order valence-corrected chi connectivity index (χ0v) is 18.5. The van der Waals surface area contributed by atoms with Crippen molar-refractivity contribution in [3.05, 3.63) is 58.9 Å². The maximum atomic E-state index is 13.1. The molecule has 2 aromatic heterocycles. The molecule has 0 unspecified atom stereocenters. The van der Waals surface area contributed by atoms with Crippen molar-refractivity contribution in [2.24, 2.45) is 7.05 Å². The van der Waals surface area contributed by atoms with Gasteiger partial charge in [0.05, 0.1) is 19.3 Å². The fourth-order valence-electron chi connectivity index (χ4n) is 3.52. The molecule has 0 atom stereocenters. The van der Waals surface area contributed by atoms with Crippen molar-refractivity contribution in [2.75, 3.05) is 32.6 Å². The number of H-pyrrole nitrogens is 1. The van der Waals surface area contributed by atoms with Gasteiger partial charge in [0.25, 0.3) is 5.56 Å². The number of aromatic nitrogens is 4. The lowest BCUT2D eigenvalue weighted by Crippen LogP contribution is -2.33. The zero-order valence-electron chi connectivity index (χ0n) is 18.5. The van der Waals surface area contributed by atoms with Gasteiger partial charge in [-0.05, 0) is 12.1 Å². The summed E-state index contributed by atoms with van der Waals surface area (Å²) in [6.45, 7) is 0.0789. The van der Waals surface area contributed by atoms with Crippen molar-refractivity contribution in [2.45, 2.75) is 0 Å². The second-order valence-electron chi connectivity index (χ2n) is 7.44. The summed E-state index contributed by atoms with van der Waals surface area (Å²) in [5.74, 6) is 0.743. The number of hydrogen-bond acceptors (Lipinski definition) is 6. The number of aliphatic hydroxyl groups excluding tert-OH is 1. The Bertz CT molecular complexity index is 1360. The van der Waals surface area contributed by atoms with Crippen molar-refractivity contribution in [3.63, 3.8) is 0 Å². The van der Waals surface area contributed by atoms with E-state index in [-0.39, 0.29) is 24.7 Å². The highest BCUT2D eigenvalue weighted by Crippen LogP contribution is 2.32. The lowest BCUT2D eigenvalue weighted by atomic mass is 10.1. The number of methoxy groups -OCH3 is 1. The van der Waals surface area contributed by atoms with E-state index < -0.39 is 0 Å². The van der Waals surface area contributed by atoms with E-state index in [1.807, 2.05) is 30.3 Å². The molecule has 4 aromatic rings. The normalized spacial score (nSPS) is 10.9. The average Bonchev–Trinajstić information content (AvgIpc) is 3.16. The first kappa shape index (κ1) is 22.0. The van der Waals surface area contributed by atoms with Gasteiger partial charge in [-0.15, -0.1) is 0 Å². The van der Waals surface area contributed by atoms with Crippen LogP contribution in [0.25, 0.3) is 33.7 Å². The number of nitrogens with zero attached hydrogens (tertiary/aromatic N) is 4. The molecule has 2 aromatic carbocycles. The lowest BCUT2D eigenvalue weighted by molar-refractivity contribution is 0.202. The maximum absolute atomic E-state index is 13.1. The van der Waals surface area contributed by atoms with Crippen LogP contribution < -0.4 is 15.6 Å². The molecule has 0 aliphatic carbocycles. The predicted octanol–water partition coefficient (Wildman–Crippen LogP) is 2.46. The molecular weight excluding hydrogens is 424 g/mol. The number of aliphatic hydroxyl groups is 1. The van der Waals surface area contributed by atoms with Crippen LogP contribution in [0.3, 0.4) is 0 Å². The molecule has 0 spiro atoms. The molecule has 10 nitrogen and oxygen atoms in total. The number of aromatic amines is 1. The second kappa shape index (κ2) is 9.13.